The molecule has 0 unspecified atom stereocenters. The second-order valence-corrected chi connectivity index (χ2v) is 6.44. The highest BCUT2D eigenvalue weighted by Gasteiger charge is 2.26. The fraction of sp³-hybridized carbons (Fsp3) is 0.0435. The highest BCUT2D eigenvalue weighted by Crippen LogP contribution is 2.23. The average molecular weight is 388 g/mol. The summed E-state index contributed by atoms with van der Waals surface area (Å²) >= 11 is 0. The Morgan fingerprint density at radius 2 is 1.00 bits per heavy atom. The van der Waals surface area contributed by atoms with Crippen LogP contribution in [0.4, 0.5) is 0 Å². The third-order valence-corrected chi connectivity index (χ3v) is 4.46. The number of hydrogen-bond acceptors (Lipinski definition) is 4. The molecule has 0 amide bonds. The van der Waals surface area contributed by atoms with Gasteiger partial charge in [-0.15, -0.1) is 0 Å². The average Bonchev–Trinajstić information content (AvgIpc) is 2.72. The topological polar surface area (TPSA) is 109 Å². The number of hydrogen-bond donors (Lipinski definition) is 2. The lowest BCUT2D eigenvalue weighted by molar-refractivity contribution is 0.0677. The van der Waals surface area contributed by atoms with E-state index in [0.29, 0.717) is 0 Å². The lowest BCUT2D eigenvalue weighted by Crippen LogP contribution is -2.17. The van der Waals surface area contributed by atoms with Crippen molar-refractivity contribution in [2.75, 3.05) is 0 Å². The zero-order valence-corrected chi connectivity index (χ0v) is 15.4. The molecule has 6 nitrogen and oxygen atoms in total. The number of aromatic carboxylic acids is 2. The first kappa shape index (κ1) is 19.7. The Balaban J connectivity index is 2.21. The summed E-state index contributed by atoms with van der Waals surface area (Å²) in [5, 5.41) is 19.2. The first-order valence-electron chi connectivity index (χ1n) is 8.65. The molecule has 0 heterocycles. The molecule has 0 saturated carbocycles. The Kier molecular flexibility index (Phi) is 5.36. The first-order chi connectivity index (χ1) is 13.8. The fourth-order valence-corrected chi connectivity index (χ4v) is 2.93. The number of benzene rings is 3. The van der Waals surface area contributed by atoms with Gasteiger partial charge in [0, 0.05) is 22.3 Å². The third-order valence-electron chi connectivity index (χ3n) is 4.46. The molecule has 3 aromatic carbocycles. The summed E-state index contributed by atoms with van der Waals surface area (Å²) in [4.78, 5) is 49.2. The maximum atomic E-state index is 12.9. The smallest absolute Gasteiger partial charge is 0.336 e. The first-order valence-corrected chi connectivity index (χ1v) is 8.65. The molecule has 0 aromatic heterocycles. The van der Waals surface area contributed by atoms with Crippen LogP contribution in [0.5, 0.6) is 0 Å². The van der Waals surface area contributed by atoms with E-state index in [0.717, 1.165) is 17.7 Å². The van der Waals surface area contributed by atoms with Gasteiger partial charge in [-0.2, -0.15) is 0 Å². The second-order valence-electron chi connectivity index (χ2n) is 6.44. The highest BCUT2D eigenvalue weighted by atomic mass is 16.4. The number of carboxylic acid groups (broad SMARTS) is 2. The van der Waals surface area contributed by atoms with Crippen molar-refractivity contribution < 1.29 is 29.4 Å². The van der Waals surface area contributed by atoms with Crippen LogP contribution in [-0.4, -0.2) is 33.7 Å². The molecule has 3 aromatic rings. The Morgan fingerprint density at radius 3 is 1.41 bits per heavy atom. The summed E-state index contributed by atoms with van der Waals surface area (Å²) in [5.41, 5.74) is -0.0975. The number of carboxylic acids is 2. The predicted molar refractivity (Wildman–Crippen MR) is 105 cm³/mol. The molecule has 0 spiro atoms. The Hall–Kier alpha value is -4.06. The predicted octanol–water partition coefficient (Wildman–Crippen LogP) is 3.85. The maximum Gasteiger partial charge on any atom is 0.336 e. The van der Waals surface area contributed by atoms with Crippen LogP contribution < -0.4 is 0 Å². The summed E-state index contributed by atoms with van der Waals surface area (Å²) in [6.45, 7) is 1.84. The molecule has 0 bridgehead atoms. The van der Waals surface area contributed by atoms with Crippen LogP contribution >= 0.6 is 0 Å². The Labute approximate surface area is 166 Å². The van der Waals surface area contributed by atoms with Crippen LogP contribution in [0, 0.1) is 6.92 Å². The minimum absolute atomic E-state index is 0.212. The van der Waals surface area contributed by atoms with Gasteiger partial charge in [-0.3, -0.25) is 9.59 Å². The van der Waals surface area contributed by atoms with Crippen LogP contribution in [0.2, 0.25) is 0 Å². The molecule has 0 radical (unpaired) electrons. The van der Waals surface area contributed by atoms with E-state index < -0.39 is 34.6 Å². The van der Waals surface area contributed by atoms with E-state index in [-0.39, 0.29) is 22.3 Å². The third kappa shape index (κ3) is 3.96. The summed E-state index contributed by atoms with van der Waals surface area (Å²) in [7, 11) is 0. The van der Waals surface area contributed by atoms with E-state index in [1.165, 1.54) is 24.3 Å². The molecule has 144 valence electrons. The zero-order valence-electron chi connectivity index (χ0n) is 15.4. The molecule has 0 fully saturated rings. The normalized spacial score (nSPS) is 10.4. The van der Waals surface area contributed by atoms with Crippen molar-refractivity contribution in [3.8, 4) is 0 Å². The van der Waals surface area contributed by atoms with Crippen molar-refractivity contribution in [3.05, 3.63) is 106 Å². The molecular formula is C23H16O6. The molecular weight excluding hydrogens is 372 g/mol. The fourth-order valence-electron chi connectivity index (χ4n) is 2.93. The minimum Gasteiger partial charge on any atom is -0.478 e. The van der Waals surface area contributed by atoms with Gasteiger partial charge < -0.3 is 10.2 Å². The van der Waals surface area contributed by atoms with E-state index in [9.17, 15) is 29.4 Å². The number of aryl methyl sites for hydroxylation is 1. The molecule has 0 aliphatic heterocycles. The van der Waals surface area contributed by atoms with Gasteiger partial charge in [-0.25, -0.2) is 9.59 Å². The van der Waals surface area contributed by atoms with Gasteiger partial charge in [0.05, 0.1) is 11.1 Å². The van der Waals surface area contributed by atoms with Gasteiger partial charge in [-0.05, 0) is 19.1 Å². The molecule has 0 saturated heterocycles. The van der Waals surface area contributed by atoms with Crippen molar-refractivity contribution >= 4 is 23.5 Å². The quantitative estimate of drug-likeness (QED) is 0.621. The molecule has 29 heavy (non-hydrogen) atoms. The van der Waals surface area contributed by atoms with Crippen LogP contribution in [-0.2, 0) is 0 Å². The highest BCUT2D eigenvalue weighted by molar-refractivity contribution is 6.19. The molecule has 3 rings (SSSR count). The van der Waals surface area contributed by atoms with Gasteiger partial charge in [0.1, 0.15) is 0 Å². The zero-order chi connectivity index (χ0) is 21.1. The van der Waals surface area contributed by atoms with Crippen molar-refractivity contribution in [2.45, 2.75) is 6.92 Å². The van der Waals surface area contributed by atoms with Gasteiger partial charge in [0.25, 0.3) is 0 Å². The van der Waals surface area contributed by atoms with Gasteiger partial charge in [0.15, 0.2) is 11.6 Å². The van der Waals surface area contributed by atoms with Crippen molar-refractivity contribution in [2.24, 2.45) is 0 Å². The van der Waals surface area contributed by atoms with E-state index in [1.807, 2.05) is 6.92 Å². The Morgan fingerprint density at radius 1 is 0.586 bits per heavy atom. The summed E-state index contributed by atoms with van der Waals surface area (Å²) < 4.78 is 0. The standard InChI is InChI=1S/C23H16O6/c1-13-7-9-15(10-8-13)21(25)17-12-18(22(26)27)16(11-19(17)23(28)29)20(24)14-5-3-2-4-6-14/h2-12H,1H3,(H,26,27)(H,28,29). The van der Waals surface area contributed by atoms with Crippen molar-refractivity contribution in [1.82, 2.24) is 0 Å². The van der Waals surface area contributed by atoms with Gasteiger partial charge in [0.2, 0.25) is 0 Å². The molecule has 2 N–H and O–H groups in total. The molecule has 0 aliphatic rings. The molecule has 6 heteroatoms. The lowest BCUT2D eigenvalue weighted by Gasteiger charge is -2.12. The Bertz CT molecular complexity index is 1130. The SMILES string of the molecule is Cc1ccc(C(=O)c2cc(C(=O)O)c(C(=O)c3ccccc3)cc2C(=O)O)cc1. The van der Waals surface area contributed by atoms with Gasteiger partial charge >= 0.3 is 11.9 Å². The monoisotopic (exact) mass is 388 g/mol. The van der Waals surface area contributed by atoms with Gasteiger partial charge in [-0.1, -0.05) is 60.2 Å². The molecule has 0 atom stereocenters. The summed E-state index contributed by atoms with van der Waals surface area (Å²) in [6, 6.07) is 16.3. The van der Waals surface area contributed by atoms with Crippen LogP contribution in [0.15, 0.2) is 66.7 Å². The maximum absolute atomic E-state index is 12.9. The summed E-state index contributed by atoms with van der Waals surface area (Å²) in [6.07, 6.45) is 0. The van der Waals surface area contributed by atoms with Crippen molar-refractivity contribution in [3.63, 3.8) is 0 Å². The summed E-state index contributed by atoms with van der Waals surface area (Å²) in [5.74, 6) is -4.14. The van der Waals surface area contributed by atoms with Crippen LogP contribution in [0.3, 0.4) is 0 Å². The van der Waals surface area contributed by atoms with E-state index in [4.69, 9.17) is 0 Å². The number of ketones is 2. The number of rotatable bonds is 6. The minimum atomic E-state index is -1.43. The molecule has 0 aliphatic carbocycles. The van der Waals surface area contributed by atoms with Crippen LogP contribution in [0.1, 0.15) is 58.1 Å². The number of carbonyl (C=O) groups excluding carboxylic acids is 2. The van der Waals surface area contributed by atoms with E-state index in [2.05, 4.69) is 0 Å². The van der Waals surface area contributed by atoms with Crippen molar-refractivity contribution in [1.29, 1.82) is 0 Å². The number of carbonyl (C=O) groups is 4. The second kappa shape index (κ2) is 7.90. The lowest BCUT2D eigenvalue weighted by atomic mass is 9.90. The van der Waals surface area contributed by atoms with E-state index >= 15 is 0 Å². The van der Waals surface area contributed by atoms with E-state index in [1.54, 1.807) is 30.3 Å². The largest absolute Gasteiger partial charge is 0.478 e. The van der Waals surface area contributed by atoms with Crippen LogP contribution in [0.25, 0.3) is 0 Å².